The van der Waals surface area contributed by atoms with Crippen LogP contribution in [0.25, 0.3) is 5.69 Å². The highest BCUT2D eigenvalue weighted by atomic mass is 79.9. The molecule has 0 aliphatic carbocycles. The lowest BCUT2D eigenvalue weighted by Crippen LogP contribution is -2.49. The Balaban J connectivity index is 2.06. The quantitative estimate of drug-likeness (QED) is 0.901. The molecule has 0 saturated carbocycles. The van der Waals surface area contributed by atoms with Crippen molar-refractivity contribution >= 4 is 33.6 Å². The maximum Gasteiger partial charge on any atom is 0.328 e. The summed E-state index contributed by atoms with van der Waals surface area (Å²) in [6.45, 7) is 0.336. The summed E-state index contributed by atoms with van der Waals surface area (Å²) in [5.74, 6) is -0.261. The van der Waals surface area contributed by atoms with E-state index in [-0.39, 0.29) is 12.3 Å². The van der Waals surface area contributed by atoms with Gasteiger partial charge in [-0.05, 0) is 18.2 Å². The Kier molecular flexibility index (Phi) is 3.23. The van der Waals surface area contributed by atoms with Crippen LogP contribution in [0.5, 0.6) is 0 Å². The third-order valence-corrected chi connectivity index (χ3v) is 3.44. The molecule has 1 aliphatic heterocycles. The molecule has 1 aromatic heterocycles. The summed E-state index contributed by atoms with van der Waals surface area (Å²) in [4.78, 5) is 28.6. The monoisotopic (exact) mass is 335 g/mol. The van der Waals surface area contributed by atoms with Crippen molar-refractivity contribution in [3.63, 3.8) is 0 Å². The fourth-order valence-electron chi connectivity index (χ4n) is 2.03. The van der Waals surface area contributed by atoms with E-state index < -0.39 is 6.03 Å². The molecule has 0 spiro atoms. The number of rotatable bonds is 2. The van der Waals surface area contributed by atoms with Crippen molar-refractivity contribution in [2.24, 2.45) is 0 Å². The van der Waals surface area contributed by atoms with Gasteiger partial charge in [0.05, 0.1) is 11.4 Å². The molecule has 102 valence electrons. The summed E-state index contributed by atoms with van der Waals surface area (Å²) in [7, 11) is 0. The average molecular weight is 336 g/mol. The van der Waals surface area contributed by atoms with Crippen molar-refractivity contribution in [2.75, 3.05) is 11.4 Å². The largest absolute Gasteiger partial charge is 0.328 e. The van der Waals surface area contributed by atoms with Gasteiger partial charge in [-0.2, -0.15) is 5.10 Å². The standard InChI is InChI=1S/C12H10BrN5O2/c13-8-1-2-9(18-7-14-6-15-18)10(5-8)17-4-3-11(19)16-12(17)20/h1-2,5-7H,3-4H2,(H,16,19,20). The number of nitrogens with one attached hydrogen (secondary N) is 1. The van der Waals surface area contributed by atoms with Crippen molar-refractivity contribution in [2.45, 2.75) is 6.42 Å². The minimum atomic E-state index is -0.430. The lowest BCUT2D eigenvalue weighted by molar-refractivity contribution is -0.120. The number of aromatic nitrogens is 3. The van der Waals surface area contributed by atoms with Crippen LogP contribution < -0.4 is 10.2 Å². The first-order valence-electron chi connectivity index (χ1n) is 5.91. The van der Waals surface area contributed by atoms with Crippen LogP contribution in [0.2, 0.25) is 0 Å². The minimum Gasteiger partial charge on any atom is -0.291 e. The lowest BCUT2D eigenvalue weighted by Gasteiger charge is -2.28. The fourth-order valence-corrected chi connectivity index (χ4v) is 2.38. The van der Waals surface area contributed by atoms with Gasteiger partial charge in [-0.1, -0.05) is 15.9 Å². The first-order chi connectivity index (χ1) is 9.65. The van der Waals surface area contributed by atoms with Gasteiger partial charge in [-0.15, -0.1) is 0 Å². The van der Waals surface area contributed by atoms with Crippen LogP contribution >= 0.6 is 15.9 Å². The Morgan fingerprint density at radius 3 is 2.80 bits per heavy atom. The molecule has 0 bridgehead atoms. The molecule has 2 aromatic rings. The number of nitrogens with zero attached hydrogens (tertiary/aromatic N) is 4. The molecule has 7 nitrogen and oxygen atoms in total. The highest BCUT2D eigenvalue weighted by Gasteiger charge is 2.26. The first kappa shape index (κ1) is 12.8. The van der Waals surface area contributed by atoms with Crippen molar-refractivity contribution in [3.8, 4) is 5.69 Å². The normalized spacial score (nSPS) is 15.3. The van der Waals surface area contributed by atoms with Crippen LogP contribution in [-0.2, 0) is 4.79 Å². The van der Waals surface area contributed by atoms with Crippen molar-refractivity contribution < 1.29 is 9.59 Å². The number of hydrogen-bond acceptors (Lipinski definition) is 4. The summed E-state index contributed by atoms with van der Waals surface area (Å²) in [5, 5.41) is 6.38. The van der Waals surface area contributed by atoms with E-state index >= 15 is 0 Å². The average Bonchev–Trinajstić information content (AvgIpc) is 2.92. The second-order valence-corrected chi connectivity index (χ2v) is 5.14. The number of anilines is 1. The number of carbonyl (C=O) groups is 2. The van der Waals surface area contributed by atoms with Gasteiger partial charge >= 0.3 is 6.03 Å². The molecule has 1 fully saturated rings. The molecule has 3 rings (SSSR count). The summed E-state index contributed by atoms with van der Waals surface area (Å²) in [6.07, 6.45) is 3.25. The minimum absolute atomic E-state index is 0.261. The zero-order valence-corrected chi connectivity index (χ0v) is 11.9. The van der Waals surface area contributed by atoms with Crippen molar-refractivity contribution in [1.82, 2.24) is 20.1 Å². The number of hydrogen-bond donors (Lipinski definition) is 1. The second-order valence-electron chi connectivity index (χ2n) is 4.23. The van der Waals surface area contributed by atoms with Crippen LogP contribution in [0.4, 0.5) is 10.5 Å². The molecule has 0 radical (unpaired) electrons. The summed E-state index contributed by atoms with van der Waals surface area (Å²) in [6, 6.07) is 5.07. The van der Waals surface area contributed by atoms with Gasteiger partial charge < -0.3 is 0 Å². The van der Waals surface area contributed by atoms with Gasteiger partial charge in [0.25, 0.3) is 0 Å². The van der Waals surface area contributed by atoms with Gasteiger partial charge in [0.1, 0.15) is 12.7 Å². The van der Waals surface area contributed by atoms with Gasteiger partial charge in [0.2, 0.25) is 5.91 Å². The predicted octanol–water partition coefficient (Wildman–Crippen LogP) is 1.48. The highest BCUT2D eigenvalue weighted by Crippen LogP contribution is 2.28. The van der Waals surface area contributed by atoms with E-state index in [9.17, 15) is 9.59 Å². The van der Waals surface area contributed by atoms with Crippen LogP contribution in [-0.4, -0.2) is 33.2 Å². The van der Waals surface area contributed by atoms with E-state index in [0.29, 0.717) is 12.2 Å². The molecule has 2 heterocycles. The number of amides is 3. The van der Waals surface area contributed by atoms with E-state index in [4.69, 9.17) is 0 Å². The van der Waals surface area contributed by atoms with Gasteiger partial charge in [-0.25, -0.2) is 14.5 Å². The molecule has 0 unspecified atom stereocenters. The molecule has 3 amide bonds. The van der Waals surface area contributed by atoms with E-state index in [2.05, 4.69) is 31.3 Å². The topological polar surface area (TPSA) is 80.1 Å². The molecule has 0 atom stereocenters. The summed E-state index contributed by atoms with van der Waals surface area (Å²) in [5.41, 5.74) is 1.38. The Labute approximate surface area is 122 Å². The second kappa shape index (κ2) is 5.04. The van der Waals surface area contributed by atoms with Gasteiger partial charge in [0.15, 0.2) is 0 Å². The van der Waals surface area contributed by atoms with Crippen LogP contribution in [0.1, 0.15) is 6.42 Å². The summed E-state index contributed by atoms with van der Waals surface area (Å²) >= 11 is 3.39. The molecular weight excluding hydrogens is 326 g/mol. The van der Waals surface area contributed by atoms with E-state index in [0.717, 1.165) is 10.2 Å². The zero-order valence-electron chi connectivity index (χ0n) is 10.3. The van der Waals surface area contributed by atoms with Crippen molar-refractivity contribution in [1.29, 1.82) is 0 Å². The predicted molar refractivity (Wildman–Crippen MR) is 74.6 cm³/mol. The molecule has 1 N–H and O–H groups in total. The molecular formula is C12H10BrN5O2. The number of carbonyl (C=O) groups excluding carboxylic acids is 2. The number of imide groups is 1. The van der Waals surface area contributed by atoms with E-state index in [1.807, 2.05) is 18.2 Å². The number of benzene rings is 1. The van der Waals surface area contributed by atoms with Crippen LogP contribution in [0, 0.1) is 0 Å². The molecule has 1 aromatic carbocycles. The van der Waals surface area contributed by atoms with Crippen LogP contribution in [0.3, 0.4) is 0 Å². The SMILES string of the molecule is O=C1CCN(c2cc(Br)ccc2-n2cncn2)C(=O)N1. The first-order valence-corrected chi connectivity index (χ1v) is 6.70. The molecule has 20 heavy (non-hydrogen) atoms. The number of urea groups is 1. The lowest BCUT2D eigenvalue weighted by atomic mass is 10.2. The third-order valence-electron chi connectivity index (χ3n) is 2.95. The highest BCUT2D eigenvalue weighted by molar-refractivity contribution is 9.10. The van der Waals surface area contributed by atoms with Crippen LogP contribution in [0.15, 0.2) is 35.3 Å². The number of halogens is 1. The molecule has 8 heteroatoms. The van der Waals surface area contributed by atoms with Gasteiger partial charge in [0, 0.05) is 17.4 Å². The molecule has 1 saturated heterocycles. The Bertz CT molecular complexity index is 670. The Morgan fingerprint density at radius 1 is 1.25 bits per heavy atom. The third kappa shape index (κ3) is 2.29. The van der Waals surface area contributed by atoms with Gasteiger partial charge in [-0.3, -0.25) is 15.0 Å². The zero-order chi connectivity index (χ0) is 14.1. The molecule has 1 aliphatic rings. The maximum atomic E-state index is 12.0. The van der Waals surface area contributed by atoms with Crippen molar-refractivity contribution in [3.05, 3.63) is 35.3 Å². The fraction of sp³-hybridized carbons (Fsp3) is 0.167. The summed E-state index contributed by atoms with van der Waals surface area (Å²) < 4.78 is 2.41. The maximum absolute atomic E-state index is 12.0. The van der Waals surface area contributed by atoms with E-state index in [1.165, 1.54) is 11.2 Å². The van der Waals surface area contributed by atoms with E-state index in [1.54, 1.807) is 11.0 Å². The Hall–Kier alpha value is -2.22. The smallest absolute Gasteiger partial charge is 0.291 e. The Morgan fingerprint density at radius 2 is 2.10 bits per heavy atom.